The standard InChI is InChI=1S/C21H20FNO5S/c1-2-29(25,26)28-17-8-5-7-16(13-17)14-23(15-18-9-6-12-27-18)21(24)19-10-3-4-11-20(19)22/h3-13H,2,14-15H2,1H3. The van der Waals surface area contributed by atoms with Gasteiger partial charge in [0.05, 0.1) is 24.1 Å². The number of halogens is 1. The van der Waals surface area contributed by atoms with Crippen molar-refractivity contribution in [2.24, 2.45) is 0 Å². The maximum Gasteiger partial charge on any atom is 0.308 e. The van der Waals surface area contributed by atoms with Crippen molar-refractivity contribution in [3.63, 3.8) is 0 Å². The molecule has 0 atom stereocenters. The topological polar surface area (TPSA) is 76.8 Å². The molecule has 152 valence electrons. The van der Waals surface area contributed by atoms with Gasteiger partial charge >= 0.3 is 10.1 Å². The van der Waals surface area contributed by atoms with Crippen LogP contribution in [0.15, 0.2) is 71.3 Å². The van der Waals surface area contributed by atoms with Crippen LogP contribution < -0.4 is 4.18 Å². The zero-order valence-corrected chi connectivity index (χ0v) is 16.6. The molecule has 1 aromatic heterocycles. The van der Waals surface area contributed by atoms with E-state index in [1.807, 2.05) is 0 Å². The minimum absolute atomic E-state index is 0.0555. The van der Waals surface area contributed by atoms with Crippen LogP contribution in [0.5, 0.6) is 5.75 Å². The van der Waals surface area contributed by atoms with E-state index in [-0.39, 0.29) is 30.2 Å². The van der Waals surface area contributed by atoms with Crippen LogP contribution in [-0.4, -0.2) is 25.0 Å². The van der Waals surface area contributed by atoms with Crippen LogP contribution in [0.4, 0.5) is 4.39 Å². The SMILES string of the molecule is CCS(=O)(=O)Oc1cccc(CN(Cc2ccco2)C(=O)c2ccccc2F)c1. The Balaban J connectivity index is 1.87. The lowest BCUT2D eigenvalue weighted by molar-refractivity contribution is 0.0712. The van der Waals surface area contributed by atoms with E-state index in [1.165, 1.54) is 48.4 Å². The normalized spacial score (nSPS) is 11.2. The van der Waals surface area contributed by atoms with E-state index in [4.69, 9.17) is 8.60 Å². The van der Waals surface area contributed by atoms with Crippen molar-refractivity contribution in [2.75, 3.05) is 5.75 Å². The Morgan fingerprint density at radius 3 is 2.55 bits per heavy atom. The number of hydrogen-bond donors (Lipinski definition) is 0. The van der Waals surface area contributed by atoms with E-state index < -0.39 is 21.8 Å². The lowest BCUT2D eigenvalue weighted by Gasteiger charge is -2.22. The number of nitrogens with zero attached hydrogens (tertiary/aromatic N) is 1. The number of furan rings is 1. The summed E-state index contributed by atoms with van der Waals surface area (Å²) in [4.78, 5) is 14.4. The smallest absolute Gasteiger partial charge is 0.308 e. The third kappa shape index (κ3) is 5.45. The van der Waals surface area contributed by atoms with Gasteiger partial charge in [0.1, 0.15) is 17.3 Å². The fourth-order valence-electron chi connectivity index (χ4n) is 2.72. The maximum atomic E-state index is 14.1. The predicted molar refractivity (Wildman–Crippen MR) is 105 cm³/mol. The molecule has 0 N–H and O–H groups in total. The molecular weight excluding hydrogens is 397 g/mol. The van der Waals surface area contributed by atoms with Gasteiger partial charge in [-0.2, -0.15) is 8.42 Å². The molecule has 1 amide bonds. The van der Waals surface area contributed by atoms with Crippen LogP contribution in [0.1, 0.15) is 28.6 Å². The van der Waals surface area contributed by atoms with Crippen molar-refractivity contribution >= 4 is 16.0 Å². The zero-order valence-electron chi connectivity index (χ0n) is 15.7. The molecule has 0 unspecified atom stereocenters. The molecule has 0 saturated heterocycles. The number of benzene rings is 2. The van der Waals surface area contributed by atoms with Crippen molar-refractivity contribution in [1.82, 2.24) is 4.90 Å². The van der Waals surface area contributed by atoms with Crippen molar-refractivity contribution in [3.05, 3.63) is 89.6 Å². The fraction of sp³-hybridized carbons (Fsp3) is 0.190. The zero-order chi connectivity index (χ0) is 20.9. The predicted octanol–water partition coefficient (Wildman–Crippen LogP) is 3.99. The molecule has 0 aliphatic carbocycles. The Morgan fingerprint density at radius 1 is 1.07 bits per heavy atom. The molecule has 29 heavy (non-hydrogen) atoms. The van der Waals surface area contributed by atoms with Crippen LogP contribution in [0.25, 0.3) is 0 Å². The van der Waals surface area contributed by atoms with Gasteiger partial charge in [0, 0.05) is 6.54 Å². The van der Waals surface area contributed by atoms with E-state index in [2.05, 4.69) is 0 Å². The molecule has 2 aromatic carbocycles. The summed E-state index contributed by atoms with van der Waals surface area (Å²) in [6.45, 7) is 1.72. The molecule has 3 aromatic rings. The maximum absolute atomic E-state index is 14.1. The molecule has 8 heteroatoms. The van der Waals surface area contributed by atoms with E-state index in [0.29, 0.717) is 11.3 Å². The van der Waals surface area contributed by atoms with Gasteiger partial charge < -0.3 is 13.5 Å². The molecule has 0 spiro atoms. The second-order valence-corrected chi connectivity index (χ2v) is 8.16. The Bertz CT molecular complexity index is 1080. The highest BCUT2D eigenvalue weighted by Gasteiger charge is 2.21. The monoisotopic (exact) mass is 417 g/mol. The van der Waals surface area contributed by atoms with Crippen molar-refractivity contribution in [3.8, 4) is 5.75 Å². The molecule has 0 fully saturated rings. The van der Waals surface area contributed by atoms with E-state index >= 15 is 0 Å². The second-order valence-electron chi connectivity index (χ2n) is 6.30. The Kier molecular flexibility index (Phi) is 6.33. The molecule has 1 heterocycles. The first kappa shape index (κ1) is 20.6. The van der Waals surface area contributed by atoms with Gasteiger partial charge in [-0.3, -0.25) is 4.79 Å². The summed E-state index contributed by atoms with van der Waals surface area (Å²) in [7, 11) is -3.67. The molecule has 0 radical (unpaired) electrons. The first-order valence-electron chi connectivity index (χ1n) is 8.95. The van der Waals surface area contributed by atoms with Crippen LogP contribution in [0.3, 0.4) is 0 Å². The first-order valence-corrected chi connectivity index (χ1v) is 10.5. The Hall–Kier alpha value is -3.13. The summed E-state index contributed by atoms with van der Waals surface area (Å²) < 4.78 is 47.9. The van der Waals surface area contributed by atoms with Gasteiger partial charge in [-0.15, -0.1) is 0 Å². The van der Waals surface area contributed by atoms with Gasteiger partial charge in [0.25, 0.3) is 5.91 Å². The summed E-state index contributed by atoms with van der Waals surface area (Å²) in [5, 5.41) is 0. The van der Waals surface area contributed by atoms with Gasteiger partial charge in [0.15, 0.2) is 0 Å². The molecule has 0 aliphatic heterocycles. The molecule has 0 saturated carbocycles. The van der Waals surface area contributed by atoms with Crippen molar-refractivity contribution in [1.29, 1.82) is 0 Å². The third-order valence-corrected chi connectivity index (χ3v) is 5.32. The highest BCUT2D eigenvalue weighted by atomic mass is 32.2. The molecular formula is C21H20FNO5S. The summed E-state index contributed by atoms with van der Waals surface area (Å²) in [6.07, 6.45) is 1.49. The Morgan fingerprint density at radius 2 is 1.86 bits per heavy atom. The van der Waals surface area contributed by atoms with Crippen LogP contribution in [0, 0.1) is 5.82 Å². The van der Waals surface area contributed by atoms with Crippen molar-refractivity contribution in [2.45, 2.75) is 20.0 Å². The molecule has 0 bridgehead atoms. The minimum atomic E-state index is -3.67. The van der Waals surface area contributed by atoms with Crippen LogP contribution in [-0.2, 0) is 23.2 Å². The average Bonchev–Trinajstić information content (AvgIpc) is 3.20. The third-order valence-electron chi connectivity index (χ3n) is 4.17. The summed E-state index contributed by atoms with van der Waals surface area (Å²) in [5.74, 6) is -0.593. The fourth-order valence-corrected chi connectivity index (χ4v) is 3.23. The van der Waals surface area contributed by atoms with Gasteiger partial charge in [0.2, 0.25) is 0 Å². The summed E-state index contributed by atoms with van der Waals surface area (Å²) >= 11 is 0. The summed E-state index contributed by atoms with van der Waals surface area (Å²) in [5.41, 5.74) is 0.574. The number of carbonyl (C=O) groups is 1. The highest BCUT2D eigenvalue weighted by Crippen LogP contribution is 2.20. The van der Waals surface area contributed by atoms with Crippen LogP contribution >= 0.6 is 0 Å². The van der Waals surface area contributed by atoms with E-state index in [9.17, 15) is 17.6 Å². The second kappa shape index (κ2) is 8.91. The minimum Gasteiger partial charge on any atom is -0.467 e. The largest absolute Gasteiger partial charge is 0.467 e. The number of carbonyl (C=O) groups excluding carboxylic acids is 1. The lowest BCUT2D eigenvalue weighted by Crippen LogP contribution is -2.30. The number of amides is 1. The molecule has 3 rings (SSSR count). The molecule has 6 nitrogen and oxygen atoms in total. The first-order chi connectivity index (χ1) is 13.9. The van der Waals surface area contributed by atoms with Gasteiger partial charge in [-0.1, -0.05) is 24.3 Å². The Labute approximate surface area is 168 Å². The van der Waals surface area contributed by atoms with Gasteiger partial charge in [-0.05, 0) is 48.9 Å². The number of hydrogen-bond acceptors (Lipinski definition) is 5. The van der Waals surface area contributed by atoms with E-state index in [1.54, 1.807) is 30.3 Å². The quantitative estimate of drug-likeness (QED) is 0.518. The number of rotatable bonds is 8. The van der Waals surface area contributed by atoms with Crippen molar-refractivity contribution < 1.29 is 26.2 Å². The van der Waals surface area contributed by atoms with Gasteiger partial charge in [-0.25, -0.2) is 4.39 Å². The van der Waals surface area contributed by atoms with E-state index in [0.717, 1.165) is 0 Å². The lowest BCUT2D eigenvalue weighted by atomic mass is 10.1. The van der Waals surface area contributed by atoms with Crippen LogP contribution in [0.2, 0.25) is 0 Å². The molecule has 0 aliphatic rings. The summed E-state index contributed by atoms with van der Waals surface area (Å²) in [6, 6.07) is 15.6. The highest BCUT2D eigenvalue weighted by molar-refractivity contribution is 7.87. The average molecular weight is 417 g/mol.